The molecule has 0 N–H and O–H groups in total. The van der Waals surface area contributed by atoms with E-state index < -0.39 is 0 Å². The molecule has 1 aliphatic heterocycles. The number of fused-ring (bicyclic) bond motifs is 1. The Labute approximate surface area is 194 Å². The molecule has 0 unspecified atom stereocenters. The number of piperazine rings is 1. The molecule has 2 aliphatic rings. The van der Waals surface area contributed by atoms with Gasteiger partial charge in [0.1, 0.15) is 0 Å². The van der Waals surface area contributed by atoms with E-state index in [9.17, 15) is 9.59 Å². The van der Waals surface area contributed by atoms with Crippen molar-refractivity contribution >= 4 is 34.9 Å². The van der Waals surface area contributed by atoms with E-state index in [0.29, 0.717) is 43.1 Å². The Bertz CT molecular complexity index is 1100. The second kappa shape index (κ2) is 9.11. The normalized spacial score (nSPS) is 18.6. The zero-order valence-corrected chi connectivity index (χ0v) is 19.4. The van der Waals surface area contributed by atoms with Crippen LogP contribution in [0.4, 0.5) is 0 Å². The van der Waals surface area contributed by atoms with E-state index in [2.05, 4.69) is 23.2 Å². The number of rotatable bonds is 5. The number of aromatic nitrogens is 2. The van der Waals surface area contributed by atoms with Crippen molar-refractivity contribution in [3.05, 3.63) is 40.7 Å². The predicted octanol–water partition coefficient (Wildman–Crippen LogP) is 3.59. The van der Waals surface area contributed by atoms with Crippen molar-refractivity contribution in [1.82, 2.24) is 20.0 Å². The lowest BCUT2D eigenvalue weighted by molar-refractivity contribution is -0.129. The largest absolute Gasteiger partial charge is 0.459 e. The molecule has 4 heterocycles. The number of hydrogen-bond acceptors (Lipinski definition) is 8. The van der Waals surface area contributed by atoms with Crippen molar-refractivity contribution in [2.24, 2.45) is 5.92 Å². The summed E-state index contributed by atoms with van der Waals surface area (Å²) >= 11 is 2.99. The molecule has 3 aromatic heterocycles. The third-order valence-electron chi connectivity index (χ3n) is 5.92. The minimum absolute atomic E-state index is 0.000392. The lowest BCUT2D eigenvalue weighted by Gasteiger charge is -2.34. The van der Waals surface area contributed by atoms with Crippen LogP contribution >= 0.6 is 23.1 Å². The number of thiophene rings is 1. The summed E-state index contributed by atoms with van der Waals surface area (Å²) in [5.74, 6) is 1.66. The molecule has 0 radical (unpaired) electrons. The van der Waals surface area contributed by atoms with Gasteiger partial charge in [0, 0.05) is 31.1 Å². The SMILES string of the molecule is C[C@H]1CCc2sc(-c3nnc(SCC(=O)N4CCN(C(=O)c5ccco5)CC4)o3)cc2C1. The van der Waals surface area contributed by atoms with E-state index in [1.807, 2.05) is 0 Å². The Morgan fingerprint density at radius 1 is 1.22 bits per heavy atom. The topological polar surface area (TPSA) is 92.7 Å². The molecule has 8 nitrogen and oxygen atoms in total. The Balaban J connectivity index is 1.12. The highest BCUT2D eigenvalue weighted by Crippen LogP contribution is 2.37. The van der Waals surface area contributed by atoms with E-state index in [-0.39, 0.29) is 17.6 Å². The molecule has 32 heavy (non-hydrogen) atoms. The Morgan fingerprint density at radius 2 is 2.03 bits per heavy atom. The molecule has 1 aliphatic carbocycles. The Kier molecular flexibility index (Phi) is 6.05. The van der Waals surface area contributed by atoms with Crippen molar-refractivity contribution in [3.8, 4) is 10.8 Å². The molecule has 10 heteroatoms. The van der Waals surface area contributed by atoms with Crippen LogP contribution in [0, 0.1) is 5.92 Å². The van der Waals surface area contributed by atoms with Gasteiger partial charge < -0.3 is 18.6 Å². The van der Waals surface area contributed by atoms with Crippen LogP contribution in [0.1, 0.15) is 34.3 Å². The number of amides is 2. The van der Waals surface area contributed by atoms with Crippen molar-refractivity contribution in [2.45, 2.75) is 31.4 Å². The number of hydrogen-bond donors (Lipinski definition) is 0. The number of nitrogens with zero attached hydrogens (tertiary/aromatic N) is 4. The summed E-state index contributed by atoms with van der Waals surface area (Å²) in [5.41, 5.74) is 1.40. The highest BCUT2D eigenvalue weighted by atomic mass is 32.2. The van der Waals surface area contributed by atoms with Gasteiger partial charge in [-0.3, -0.25) is 9.59 Å². The second-order valence-corrected chi connectivity index (χ2v) is 10.3. The fourth-order valence-corrected chi connectivity index (χ4v) is 5.90. The van der Waals surface area contributed by atoms with Gasteiger partial charge >= 0.3 is 0 Å². The Morgan fingerprint density at radius 3 is 2.81 bits per heavy atom. The van der Waals surface area contributed by atoms with Crippen molar-refractivity contribution < 1.29 is 18.4 Å². The molecule has 1 fully saturated rings. The van der Waals surface area contributed by atoms with Gasteiger partial charge in [-0.15, -0.1) is 21.5 Å². The molecule has 0 aromatic carbocycles. The smallest absolute Gasteiger partial charge is 0.289 e. The number of furan rings is 1. The van der Waals surface area contributed by atoms with E-state index in [1.165, 1.54) is 34.9 Å². The predicted molar refractivity (Wildman–Crippen MR) is 121 cm³/mol. The number of aryl methyl sites for hydroxylation is 1. The Hall–Kier alpha value is -2.59. The van der Waals surface area contributed by atoms with Gasteiger partial charge in [-0.05, 0) is 48.9 Å². The first-order chi connectivity index (χ1) is 15.6. The van der Waals surface area contributed by atoms with E-state index in [4.69, 9.17) is 8.83 Å². The van der Waals surface area contributed by atoms with E-state index >= 15 is 0 Å². The zero-order valence-electron chi connectivity index (χ0n) is 17.8. The summed E-state index contributed by atoms with van der Waals surface area (Å²) in [7, 11) is 0. The summed E-state index contributed by atoms with van der Waals surface area (Å²) in [5, 5.41) is 8.70. The molecule has 2 amide bonds. The monoisotopic (exact) mass is 472 g/mol. The molecule has 3 aromatic rings. The van der Waals surface area contributed by atoms with Gasteiger partial charge in [0.2, 0.25) is 5.91 Å². The van der Waals surface area contributed by atoms with Crippen molar-refractivity contribution in [3.63, 3.8) is 0 Å². The van der Waals surface area contributed by atoms with Gasteiger partial charge in [-0.1, -0.05) is 18.7 Å². The van der Waals surface area contributed by atoms with Crippen LogP contribution in [-0.4, -0.2) is 63.7 Å². The van der Waals surface area contributed by atoms with Gasteiger partial charge in [-0.25, -0.2) is 0 Å². The molecule has 0 bridgehead atoms. The first-order valence-electron chi connectivity index (χ1n) is 10.8. The first kappa shape index (κ1) is 21.3. The molecule has 0 saturated carbocycles. The zero-order chi connectivity index (χ0) is 22.1. The second-order valence-electron chi connectivity index (χ2n) is 8.22. The minimum atomic E-state index is -0.139. The van der Waals surface area contributed by atoms with Crippen LogP contribution in [0.2, 0.25) is 0 Å². The maximum atomic E-state index is 12.6. The average molecular weight is 473 g/mol. The van der Waals surface area contributed by atoms with Crippen LogP contribution in [0.3, 0.4) is 0 Å². The summed E-state index contributed by atoms with van der Waals surface area (Å²) in [6.07, 6.45) is 4.94. The molecule has 0 spiro atoms. The van der Waals surface area contributed by atoms with Crippen LogP contribution in [-0.2, 0) is 17.6 Å². The standard InChI is InChI=1S/C22H24N4O4S2/c1-14-4-5-17-15(11-14)12-18(32-17)20-23-24-22(30-20)31-13-19(27)25-6-8-26(9-7-25)21(28)16-3-2-10-29-16/h2-3,10,12,14H,4-9,11,13H2,1H3/t14-/m0/s1. The van der Waals surface area contributed by atoms with Gasteiger partial charge in [0.25, 0.3) is 17.0 Å². The quantitative estimate of drug-likeness (QED) is 0.524. The molecule has 5 rings (SSSR count). The molecular formula is C22H24N4O4S2. The van der Waals surface area contributed by atoms with Crippen molar-refractivity contribution in [1.29, 1.82) is 0 Å². The highest BCUT2D eigenvalue weighted by molar-refractivity contribution is 7.99. The molecular weight excluding hydrogens is 448 g/mol. The maximum Gasteiger partial charge on any atom is 0.289 e. The summed E-state index contributed by atoms with van der Waals surface area (Å²) < 4.78 is 11.0. The fourth-order valence-electron chi connectivity index (χ4n) is 4.11. The molecule has 1 saturated heterocycles. The number of carbonyl (C=O) groups is 2. The molecule has 1 atom stereocenters. The third-order valence-corrected chi connectivity index (χ3v) is 7.95. The van der Waals surface area contributed by atoms with Gasteiger partial charge in [-0.2, -0.15) is 0 Å². The van der Waals surface area contributed by atoms with E-state index in [0.717, 1.165) is 23.6 Å². The van der Waals surface area contributed by atoms with Crippen molar-refractivity contribution in [2.75, 3.05) is 31.9 Å². The lowest BCUT2D eigenvalue weighted by atomic mass is 9.90. The van der Waals surface area contributed by atoms with Crippen LogP contribution in [0.15, 0.2) is 38.5 Å². The maximum absolute atomic E-state index is 12.6. The fraction of sp³-hybridized carbons (Fsp3) is 0.455. The minimum Gasteiger partial charge on any atom is -0.459 e. The lowest BCUT2D eigenvalue weighted by Crippen LogP contribution is -2.51. The third kappa shape index (κ3) is 4.47. The van der Waals surface area contributed by atoms with Gasteiger partial charge in [0.05, 0.1) is 16.9 Å². The number of carbonyl (C=O) groups excluding carboxylic acids is 2. The first-order valence-corrected chi connectivity index (χ1v) is 12.6. The van der Waals surface area contributed by atoms with Crippen LogP contribution in [0.5, 0.6) is 0 Å². The van der Waals surface area contributed by atoms with Crippen LogP contribution in [0.25, 0.3) is 10.8 Å². The number of thioether (sulfide) groups is 1. The average Bonchev–Trinajstić information content (AvgIpc) is 3.57. The highest BCUT2D eigenvalue weighted by Gasteiger charge is 2.26. The van der Waals surface area contributed by atoms with E-state index in [1.54, 1.807) is 33.3 Å². The van der Waals surface area contributed by atoms with Gasteiger partial charge in [0.15, 0.2) is 5.76 Å². The summed E-state index contributed by atoms with van der Waals surface area (Å²) in [6.45, 7) is 4.26. The van der Waals surface area contributed by atoms with Crippen LogP contribution < -0.4 is 0 Å². The molecule has 168 valence electrons. The summed E-state index contributed by atoms with van der Waals surface area (Å²) in [6, 6.07) is 5.52. The summed E-state index contributed by atoms with van der Waals surface area (Å²) in [4.78, 5) is 30.9.